The first-order chi connectivity index (χ1) is 13.6. The number of piperidine rings is 1. The van der Waals surface area contributed by atoms with Gasteiger partial charge in [-0.3, -0.25) is 4.79 Å². The number of anilines is 3. The Morgan fingerprint density at radius 1 is 1.14 bits per heavy atom. The van der Waals surface area contributed by atoms with Crippen molar-refractivity contribution in [1.29, 1.82) is 0 Å². The van der Waals surface area contributed by atoms with E-state index in [0.29, 0.717) is 17.3 Å². The molecule has 150 valence electrons. The van der Waals surface area contributed by atoms with E-state index in [4.69, 9.17) is 0 Å². The molecular formula is C22H31N5O. The van der Waals surface area contributed by atoms with Crippen molar-refractivity contribution < 1.29 is 4.79 Å². The highest BCUT2D eigenvalue weighted by Gasteiger charge is 2.15. The van der Waals surface area contributed by atoms with Crippen LogP contribution in [0.3, 0.4) is 0 Å². The summed E-state index contributed by atoms with van der Waals surface area (Å²) in [4.78, 5) is 25.6. The zero-order chi connectivity index (χ0) is 19.9. The largest absolute Gasteiger partial charge is 0.372 e. The number of carbonyl (C=O) groups is 1. The molecule has 1 aromatic heterocycles. The summed E-state index contributed by atoms with van der Waals surface area (Å²) in [5.74, 6) is 1.16. The summed E-state index contributed by atoms with van der Waals surface area (Å²) in [6, 6.07) is 10.2. The molecule has 1 amide bonds. The van der Waals surface area contributed by atoms with Crippen LogP contribution in [0.2, 0.25) is 0 Å². The summed E-state index contributed by atoms with van der Waals surface area (Å²) < 4.78 is 0. The molecule has 6 heteroatoms. The Bertz CT molecular complexity index is 784. The first-order valence-electron chi connectivity index (χ1n) is 10.3. The Balaban J connectivity index is 1.70. The van der Waals surface area contributed by atoms with Crippen LogP contribution in [0.4, 0.5) is 17.2 Å². The Labute approximate surface area is 168 Å². The third-order valence-corrected chi connectivity index (χ3v) is 5.11. The maximum Gasteiger partial charge on any atom is 0.272 e. The topological polar surface area (TPSA) is 61.4 Å². The van der Waals surface area contributed by atoms with Crippen molar-refractivity contribution in [3.8, 4) is 0 Å². The lowest BCUT2D eigenvalue weighted by atomic mass is 10.1. The smallest absolute Gasteiger partial charge is 0.272 e. The van der Waals surface area contributed by atoms with Gasteiger partial charge in [-0.25, -0.2) is 9.97 Å². The third kappa shape index (κ3) is 5.21. The van der Waals surface area contributed by atoms with E-state index in [1.807, 2.05) is 14.0 Å². The molecule has 1 aromatic carbocycles. The summed E-state index contributed by atoms with van der Waals surface area (Å²) in [6.45, 7) is 6.93. The molecule has 0 spiro atoms. The molecule has 0 radical (unpaired) electrons. The van der Waals surface area contributed by atoms with E-state index in [1.165, 1.54) is 24.9 Å². The van der Waals surface area contributed by atoms with E-state index in [9.17, 15) is 4.79 Å². The first-order valence-corrected chi connectivity index (χ1v) is 10.3. The average molecular weight is 382 g/mol. The van der Waals surface area contributed by atoms with Crippen molar-refractivity contribution in [2.24, 2.45) is 0 Å². The zero-order valence-electron chi connectivity index (χ0n) is 17.2. The van der Waals surface area contributed by atoms with E-state index in [2.05, 4.69) is 51.4 Å². The van der Waals surface area contributed by atoms with Gasteiger partial charge in [0.2, 0.25) is 0 Å². The van der Waals surface area contributed by atoms with E-state index in [-0.39, 0.29) is 5.91 Å². The summed E-state index contributed by atoms with van der Waals surface area (Å²) in [5.41, 5.74) is 2.65. The number of benzene rings is 1. The van der Waals surface area contributed by atoms with Crippen LogP contribution in [0, 0.1) is 6.92 Å². The van der Waals surface area contributed by atoms with Crippen LogP contribution in [0.5, 0.6) is 0 Å². The van der Waals surface area contributed by atoms with Gasteiger partial charge in [-0.1, -0.05) is 13.3 Å². The Morgan fingerprint density at radius 2 is 1.86 bits per heavy atom. The van der Waals surface area contributed by atoms with Crippen molar-refractivity contribution in [3.63, 3.8) is 0 Å². The highest BCUT2D eigenvalue weighted by molar-refractivity contribution is 5.93. The number of unbranched alkanes of at least 4 members (excludes halogenated alkanes) is 1. The van der Waals surface area contributed by atoms with Gasteiger partial charge in [-0.2, -0.15) is 0 Å². The normalized spacial score (nSPS) is 14.0. The number of aromatic nitrogens is 2. The van der Waals surface area contributed by atoms with Crippen molar-refractivity contribution in [3.05, 3.63) is 41.9 Å². The van der Waals surface area contributed by atoms with Crippen LogP contribution >= 0.6 is 0 Å². The van der Waals surface area contributed by atoms with Gasteiger partial charge in [0.15, 0.2) is 0 Å². The van der Waals surface area contributed by atoms with Gasteiger partial charge in [0, 0.05) is 44.1 Å². The highest BCUT2D eigenvalue weighted by Crippen LogP contribution is 2.23. The number of hydrogen-bond donors (Lipinski definition) is 1. The minimum Gasteiger partial charge on any atom is -0.372 e. The number of hydrogen-bond acceptors (Lipinski definition) is 5. The maximum absolute atomic E-state index is 12.6. The van der Waals surface area contributed by atoms with Gasteiger partial charge in [0.05, 0.1) is 0 Å². The van der Waals surface area contributed by atoms with Crippen molar-refractivity contribution in [2.75, 3.05) is 36.9 Å². The third-order valence-electron chi connectivity index (χ3n) is 5.11. The fraction of sp³-hybridized carbons (Fsp3) is 0.500. The number of amides is 1. The van der Waals surface area contributed by atoms with Gasteiger partial charge < -0.3 is 15.1 Å². The molecule has 6 nitrogen and oxygen atoms in total. The minimum atomic E-state index is -0.0672. The van der Waals surface area contributed by atoms with Crippen molar-refractivity contribution >= 4 is 23.1 Å². The second-order valence-corrected chi connectivity index (χ2v) is 7.49. The molecule has 3 rings (SSSR count). The van der Waals surface area contributed by atoms with Crippen LogP contribution in [-0.2, 0) is 0 Å². The van der Waals surface area contributed by atoms with Gasteiger partial charge >= 0.3 is 0 Å². The average Bonchev–Trinajstić information content (AvgIpc) is 2.72. The second-order valence-electron chi connectivity index (χ2n) is 7.49. The molecular weight excluding hydrogens is 350 g/mol. The van der Waals surface area contributed by atoms with Crippen LogP contribution in [0.25, 0.3) is 0 Å². The number of rotatable bonds is 7. The van der Waals surface area contributed by atoms with Crippen LogP contribution < -0.4 is 10.2 Å². The molecule has 1 saturated heterocycles. The van der Waals surface area contributed by atoms with Crippen LogP contribution in [-0.4, -0.2) is 47.5 Å². The summed E-state index contributed by atoms with van der Waals surface area (Å²) in [5, 5.41) is 3.31. The maximum atomic E-state index is 12.6. The number of nitrogens with zero attached hydrogens (tertiary/aromatic N) is 4. The molecule has 28 heavy (non-hydrogen) atoms. The number of carbonyl (C=O) groups excluding carboxylic acids is 1. The van der Waals surface area contributed by atoms with E-state index in [0.717, 1.165) is 38.2 Å². The second kappa shape index (κ2) is 9.53. The van der Waals surface area contributed by atoms with Gasteiger partial charge in [-0.15, -0.1) is 0 Å². The summed E-state index contributed by atoms with van der Waals surface area (Å²) >= 11 is 0. The Kier molecular flexibility index (Phi) is 6.85. The van der Waals surface area contributed by atoms with Gasteiger partial charge in [0.1, 0.15) is 17.3 Å². The lowest BCUT2D eigenvalue weighted by Gasteiger charge is -2.28. The SMILES string of the molecule is CCCCN(C)C(=O)c1cc(Nc2ccc(N3CCCCC3)cc2)nc(C)n1. The molecule has 1 aliphatic heterocycles. The quantitative estimate of drug-likeness (QED) is 0.771. The molecule has 2 heterocycles. The van der Waals surface area contributed by atoms with Crippen molar-refractivity contribution in [1.82, 2.24) is 14.9 Å². The Morgan fingerprint density at radius 3 is 2.54 bits per heavy atom. The van der Waals surface area contributed by atoms with E-state index in [1.54, 1.807) is 11.0 Å². The monoisotopic (exact) mass is 381 g/mol. The fourth-order valence-corrected chi connectivity index (χ4v) is 3.49. The molecule has 0 aliphatic carbocycles. The van der Waals surface area contributed by atoms with Crippen molar-refractivity contribution in [2.45, 2.75) is 46.0 Å². The van der Waals surface area contributed by atoms with E-state index < -0.39 is 0 Å². The number of aryl methyl sites for hydroxylation is 1. The molecule has 0 unspecified atom stereocenters. The van der Waals surface area contributed by atoms with Gasteiger partial charge in [-0.05, 0) is 56.9 Å². The Hall–Kier alpha value is -2.63. The molecule has 0 atom stereocenters. The fourth-order valence-electron chi connectivity index (χ4n) is 3.49. The molecule has 1 fully saturated rings. The standard InChI is InChI=1S/C22H31N5O/c1-4-5-13-26(3)22(28)20-16-21(24-17(2)23-20)25-18-9-11-19(12-10-18)27-14-7-6-8-15-27/h9-12,16H,4-8,13-15H2,1-3H3,(H,23,24,25). The minimum absolute atomic E-state index is 0.0672. The molecule has 2 aromatic rings. The predicted octanol–water partition coefficient (Wildman–Crippen LogP) is 4.39. The summed E-state index contributed by atoms with van der Waals surface area (Å²) in [7, 11) is 1.82. The number of nitrogens with one attached hydrogen (secondary N) is 1. The molecule has 1 aliphatic rings. The van der Waals surface area contributed by atoms with E-state index >= 15 is 0 Å². The van der Waals surface area contributed by atoms with Gasteiger partial charge in [0.25, 0.3) is 5.91 Å². The summed E-state index contributed by atoms with van der Waals surface area (Å²) in [6.07, 6.45) is 5.91. The molecule has 0 saturated carbocycles. The lowest BCUT2D eigenvalue weighted by molar-refractivity contribution is 0.0787. The lowest BCUT2D eigenvalue weighted by Crippen LogP contribution is -2.29. The zero-order valence-corrected chi connectivity index (χ0v) is 17.2. The van der Waals surface area contributed by atoms with Crippen LogP contribution in [0.1, 0.15) is 55.3 Å². The van der Waals surface area contributed by atoms with Crippen LogP contribution in [0.15, 0.2) is 30.3 Å². The molecule has 0 bridgehead atoms. The highest BCUT2D eigenvalue weighted by atomic mass is 16.2. The predicted molar refractivity (Wildman–Crippen MR) is 114 cm³/mol. The first kappa shape index (κ1) is 20.1. The molecule has 1 N–H and O–H groups in total.